The lowest BCUT2D eigenvalue weighted by molar-refractivity contribution is -0.317. The summed E-state index contributed by atoms with van der Waals surface area (Å²) in [4.78, 5) is 1.18. The molecule has 2 saturated heterocycles. The third-order valence-corrected chi connectivity index (χ3v) is 7.31. The Morgan fingerprint density at radius 3 is 2.22 bits per heavy atom. The predicted octanol–water partition coefficient (Wildman–Crippen LogP) is 5.84. The van der Waals surface area contributed by atoms with Crippen LogP contribution in [-0.2, 0) is 25.6 Å². The molecule has 2 aliphatic rings. The molecule has 0 spiro atoms. The van der Waals surface area contributed by atoms with E-state index in [9.17, 15) is 0 Å². The van der Waals surface area contributed by atoms with Crippen molar-refractivity contribution in [3.8, 4) is 0 Å². The first-order valence-corrected chi connectivity index (χ1v) is 12.0. The molecule has 2 aliphatic heterocycles. The second-order valence-corrected chi connectivity index (χ2v) is 9.44. The fourth-order valence-corrected chi connectivity index (χ4v) is 5.42. The van der Waals surface area contributed by atoms with Gasteiger partial charge >= 0.3 is 0 Å². The molecule has 2 heterocycles. The zero-order valence-electron chi connectivity index (χ0n) is 18.1. The normalized spacial score (nSPS) is 29.9. The maximum atomic E-state index is 6.53. The topological polar surface area (TPSA) is 36.9 Å². The zero-order valence-corrected chi connectivity index (χ0v) is 18.9. The molecule has 166 valence electrons. The summed E-state index contributed by atoms with van der Waals surface area (Å²) < 4.78 is 25.6. The third-order valence-electron chi connectivity index (χ3n) is 5.99. The number of ether oxygens (including phenoxy) is 4. The minimum atomic E-state index is -0.408. The fraction of sp³-hybridized carbons (Fsp3) is 0.333. The van der Waals surface area contributed by atoms with Gasteiger partial charge in [0.2, 0.25) is 0 Å². The highest BCUT2D eigenvalue weighted by molar-refractivity contribution is 7.99. The molecule has 3 aromatic rings. The predicted molar refractivity (Wildman–Crippen MR) is 125 cm³/mol. The monoisotopic (exact) mass is 448 g/mol. The van der Waals surface area contributed by atoms with E-state index in [4.69, 9.17) is 18.9 Å². The Labute approximate surface area is 193 Å². The molecule has 0 aliphatic carbocycles. The van der Waals surface area contributed by atoms with Gasteiger partial charge in [0.25, 0.3) is 0 Å². The van der Waals surface area contributed by atoms with Crippen molar-refractivity contribution in [1.29, 1.82) is 0 Å². The van der Waals surface area contributed by atoms with Gasteiger partial charge in [-0.1, -0.05) is 97.5 Å². The van der Waals surface area contributed by atoms with Gasteiger partial charge in [-0.05, 0) is 17.7 Å². The molecule has 0 N–H and O–H groups in total. The van der Waals surface area contributed by atoms with Crippen molar-refractivity contribution >= 4 is 11.8 Å². The number of hydrogen-bond donors (Lipinski definition) is 0. The van der Waals surface area contributed by atoms with Crippen LogP contribution in [0.2, 0.25) is 0 Å². The van der Waals surface area contributed by atoms with Gasteiger partial charge in [-0.3, -0.25) is 0 Å². The van der Waals surface area contributed by atoms with E-state index in [1.54, 1.807) is 11.8 Å². The summed E-state index contributed by atoms with van der Waals surface area (Å²) >= 11 is 1.74. The standard InChI is InChI=1S/C27H28O4S/c1-19-24(28-17-20-11-5-2-6-12-20)25-23(30-27(19)32-22-15-9-4-10-16-22)18-29-26(31-25)21-13-7-3-8-14-21/h2-16,19,23-27H,17-18H2,1H3/t19?,23?,24-,25+,26?,27+/m1/s1. The van der Waals surface area contributed by atoms with Crippen LogP contribution in [0, 0.1) is 5.92 Å². The molecule has 4 nitrogen and oxygen atoms in total. The number of hydrogen-bond acceptors (Lipinski definition) is 5. The second-order valence-electron chi connectivity index (χ2n) is 8.27. The molecular weight excluding hydrogens is 420 g/mol. The Morgan fingerprint density at radius 1 is 0.844 bits per heavy atom. The lowest BCUT2D eigenvalue weighted by atomic mass is 9.92. The van der Waals surface area contributed by atoms with Crippen molar-refractivity contribution in [2.45, 2.75) is 48.5 Å². The van der Waals surface area contributed by atoms with Gasteiger partial charge in [0.15, 0.2) is 6.29 Å². The summed E-state index contributed by atoms with van der Waals surface area (Å²) in [5.74, 6) is 0.139. The van der Waals surface area contributed by atoms with Crippen LogP contribution in [0.25, 0.3) is 0 Å². The van der Waals surface area contributed by atoms with E-state index >= 15 is 0 Å². The van der Waals surface area contributed by atoms with Gasteiger partial charge in [0, 0.05) is 16.4 Å². The maximum absolute atomic E-state index is 6.53. The Hall–Kier alpha value is -2.15. The van der Waals surface area contributed by atoms with E-state index in [0.717, 1.165) is 11.1 Å². The van der Waals surface area contributed by atoms with Crippen LogP contribution < -0.4 is 0 Å². The van der Waals surface area contributed by atoms with Crippen LogP contribution >= 0.6 is 11.8 Å². The Bertz CT molecular complexity index is 969. The number of fused-ring (bicyclic) bond motifs is 1. The zero-order chi connectivity index (χ0) is 21.8. The molecular formula is C27H28O4S. The molecule has 0 bridgehead atoms. The third kappa shape index (κ3) is 4.92. The van der Waals surface area contributed by atoms with Crippen LogP contribution in [0.15, 0.2) is 95.9 Å². The van der Waals surface area contributed by atoms with Crippen molar-refractivity contribution in [3.05, 3.63) is 102 Å². The summed E-state index contributed by atoms with van der Waals surface area (Å²) in [7, 11) is 0. The first kappa shape index (κ1) is 21.7. The molecule has 0 saturated carbocycles. The van der Waals surface area contributed by atoms with Crippen LogP contribution in [0.5, 0.6) is 0 Å². The van der Waals surface area contributed by atoms with Gasteiger partial charge in [0.1, 0.15) is 17.6 Å². The highest BCUT2D eigenvalue weighted by Gasteiger charge is 2.49. The van der Waals surface area contributed by atoms with Gasteiger partial charge in [0.05, 0.1) is 19.3 Å². The average Bonchev–Trinajstić information content (AvgIpc) is 2.86. The number of benzene rings is 3. The first-order valence-electron chi connectivity index (χ1n) is 11.1. The van der Waals surface area contributed by atoms with E-state index in [2.05, 4.69) is 43.3 Å². The van der Waals surface area contributed by atoms with E-state index < -0.39 is 6.29 Å². The molecule has 0 aromatic heterocycles. The van der Waals surface area contributed by atoms with Crippen LogP contribution in [0.4, 0.5) is 0 Å². The van der Waals surface area contributed by atoms with E-state index in [1.165, 1.54) is 4.90 Å². The molecule has 2 fully saturated rings. The molecule has 5 heteroatoms. The van der Waals surface area contributed by atoms with Gasteiger partial charge in [-0.25, -0.2) is 0 Å². The Morgan fingerprint density at radius 2 is 1.50 bits per heavy atom. The van der Waals surface area contributed by atoms with Crippen molar-refractivity contribution in [2.24, 2.45) is 5.92 Å². The summed E-state index contributed by atoms with van der Waals surface area (Å²) in [6.07, 6.45) is -0.881. The van der Waals surface area contributed by atoms with Crippen molar-refractivity contribution in [1.82, 2.24) is 0 Å². The van der Waals surface area contributed by atoms with Gasteiger partial charge < -0.3 is 18.9 Å². The lowest BCUT2D eigenvalue weighted by Crippen LogP contribution is -2.58. The smallest absolute Gasteiger partial charge is 0.184 e. The molecule has 32 heavy (non-hydrogen) atoms. The highest BCUT2D eigenvalue weighted by atomic mass is 32.2. The highest BCUT2D eigenvalue weighted by Crippen LogP contribution is 2.42. The van der Waals surface area contributed by atoms with Crippen molar-refractivity contribution in [2.75, 3.05) is 6.61 Å². The van der Waals surface area contributed by atoms with Crippen LogP contribution in [-0.4, -0.2) is 30.4 Å². The molecule has 5 rings (SSSR count). The molecule has 6 atom stereocenters. The van der Waals surface area contributed by atoms with Gasteiger partial charge in [-0.15, -0.1) is 0 Å². The van der Waals surface area contributed by atoms with Crippen molar-refractivity contribution < 1.29 is 18.9 Å². The summed E-state index contributed by atoms with van der Waals surface area (Å²) in [5, 5.41) is 0. The quantitative estimate of drug-likeness (QED) is 0.474. The van der Waals surface area contributed by atoms with Crippen LogP contribution in [0.3, 0.4) is 0 Å². The van der Waals surface area contributed by atoms with Crippen molar-refractivity contribution in [3.63, 3.8) is 0 Å². The Balaban J connectivity index is 1.36. The minimum absolute atomic E-state index is 0.0418. The number of thioether (sulfide) groups is 1. The summed E-state index contributed by atoms with van der Waals surface area (Å²) in [5.41, 5.74) is 2.13. The van der Waals surface area contributed by atoms with E-state index in [-0.39, 0.29) is 29.7 Å². The van der Waals surface area contributed by atoms with E-state index in [1.807, 2.05) is 54.6 Å². The van der Waals surface area contributed by atoms with Gasteiger partial charge in [-0.2, -0.15) is 0 Å². The van der Waals surface area contributed by atoms with Crippen LogP contribution in [0.1, 0.15) is 24.3 Å². The average molecular weight is 449 g/mol. The largest absolute Gasteiger partial charge is 0.370 e. The SMILES string of the molecule is CC1[C@@H](OCc2ccccc2)[C@H]2OC(c3ccccc3)OCC2O[C@H]1Sc1ccccc1. The summed E-state index contributed by atoms with van der Waals surface area (Å²) in [6, 6.07) is 30.7. The second kappa shape index (κ2) is 10.2. The molecule has 3 aromatic carbocycles. The molecule has 3 unspecified atom stereocenters. The molecule has 0 radical (unpaired) electrons. The maximum Gasteiger partial charge on any atom is 0.184 e. The first-order chi connectivity index (χ1) is 15.8. The van der Waals surface area contributed by atoms with E-state index in [0.29, 0.717) is 13.2 Å². The minimum Gasteiger partial charge on any atom is -0.370 e. The Kier molecular flexibility index (Phi) is 6.91. The lowest BCUT2D eigenvalue weighted by Gasteiger charge is -2.48. The summed E-state index contributed by atoms with van der Waals surface area (Å²) in [6.45, 7) is 3.22. The molecule has 0 amide bonds. The fourth-order valence-electron chi connectivity index (χ4n) is 4.27. The number of rotatable bonds is 6.